The zero-order chi connectivity index (χ0) is 15.9. The van der Waals surface area contributed by atoms with Crippen LogP contribution < -0.4 is 5.32 Å². The molecule has 2 amide bonds. The van der Waals surface area contributed by atoms with E-state index >= 15 is 0 Å². The molecule has 5 nitrogen and oxygen atoms in total. The monoisotopic (exact) mass is 305 g/mol. The van der Waals surface area contributed by atoms with Gasteiger partial charge in [-0.2, -0.15) is 0 Å². The molecule has 22 heavy (non-hydrogen) atoms. The van der Waals surface area contributed by atoms with Crippen molar-refractivity contribution < 1.29 is 9.53 Å². The van der Waals surface area contributed by atoms with E-state index in [-0.39, 0.29) is 18.2 Å². The van der Waals surface area contributed by atoms with Crippen molar-refractivity contribution in [2.75, 3.05) is 33.3 Å². The average Bonchev–Trinajstić information content (AvgIpc) is 2.53. The van der Waals surface area contributed by atoms with Crippen LogP contribution in [-0.2, 0) is 11.3 Å². The third kappa shape index (κ3) is 5.00. The van der Waals surface area contributed by atoms with Crippen LogP contribution in [0.5, 0.6) is 0 Å². The Morgan fingerprint density at radius 2 is 2.18 bits per heavy atom. The molecular formula is C17H27N3O2. The molecule has 1 saturated heterocycles. The van der Waals surface area contributed by atoms with Crippen molar-refractivity contribution in [3.63, 3.8) is 0 Å². The molecule has 0 spiro atoms. The van der Waals surface area contributed by atoms with Crippen LogP contribution in [0, 0.1) is 0 Å². The summed E-state index contributed by atoms with van der Waals surface area (Å²) in [5.41, 5.74) is 1.28. The second kappa shape index (κ2) is 8.15. The van der Waals surface area contributed by atoms with E-state index in [4.69, 9.17) is 4.74 Å². The predicted molar refractivity (Wildman–Crippen MR) is 87.8 cm³/mol. The SMILES string of the molecule is CC1CN(C(=O)NCC(C)N(C)Cc2ccccc2)CCO1. The molecule has 122 valence electrons. The second-order valence-electron chi connectivity index (χ2n) is 6.06. The lowest BCUT2D eigenvalue weighted by atomic mass is 10.2. The highest BCUT2D eigenvalue weighted by molar-refractivity contribution is 5.74. The van der Waals surface area contributed by atoms with E-state index in [2.05, 4.69) is 48.5 Å². The summed E-state index contributed by atoms with van der Waals surface area (Å²) in [5, 5.41) is 3.03. The van der Waals surface area contributed by atoms with Gasteiger partial charge < -0.3 is 15.0 Å². The Morgan fingerprint density at radius 3 is 2.86 bits per heavy atom. The number of carbonyl (C=O) groups excluding carboxylic acids is 1. The van der Waals surface area contributed by atoms with Gasteiger partial charge in [0.05, 0.1) is 12.7 Å². The molecule has 1 N–H and O–H groups in total. The van der Waals surface area contributed by atoms with Gasteiger partial charge in [0.2, 0.25) is 0 Å². The van der Waals surface area contributed by atoms with Crippen LogP contribution in [0.3, 0.4) is 0 Å². The Bertz CT molecular complexity index is 466. The molecule has 0 aliphatic carbocycles. The maximum atomic E-state index is 12.2. The van der Waals surface area contributed by atoms with Gasteiger partial charge in [0, 0.05) is 32.2 Å². The van der Waals surface area contributed by atoms with Gasteiger partial charge in [-0.25, -0.2) is 4.79 Å². The number of ether oxygens (including phenoxy) is 1. The number of nitrogens with zero attached hydrogens (tertiary/aromatic N) is 2. The lowest BCUT2D eigenvalue weighted by Gasteiger charge is -2.32. The lowest BCUT2D eigenvalue weighted by molar-refractivity contribution is -0.00364. The van der Waals surface area contributed by atoms with Gasteiger partial charge in [-0.3, -0.25) is 4.90 Å². The molecule has 1 aromatic rings. The van der Waals surface area contributed by atoms with Crippen LogP contribution in [0.15, 0.2) is 30.3 Å². The second-order valence-corrected chi connectivity index (χ2v) is 6.06. The summed E-state index contributed by atoms with van der Waals surface area (Å²) in [5.74, 6) is 0. The number of hydrogen-bond acceptors (Lipinski definition) is 3. The number of likely N-dealkylation sites (N-methyl/N-ethyl adjacent to an activating group) is 1. The lowest BCUT2D eigenvalue weighted by Crippen LogP contribution is -2.51. The van der Waals surface area contributed by atoms with Crippen LogP contribution >= 0.6 is 0 Å². The molecule has 1 aliphatic rings. The minimum absolute atomic E-state index is 0.00936. The fraction of sp³-hybridized carbons (Fsp3) is 0.588. The molecule has 2 atom stereocenters. The van der Waals surface area contributed by atoms with E-state index < -0.39 is 0 Å². The molecule has 0 bridgehead atoms. The summed E-state index contributed by atoms with van der Waals surface area (Å²) in [6.07, 6.45) is 0.123. The van der Waals surface area contributed by atoms with Gasteiger partial charge in [0.15, 0.2) is 0 Å². The summed E-state index contributed by atoms with van der Waals surface area (Å²) in [4.78, 5) is 16.2. The van der Waals surface area contributed by atoms with Crippen molar-refractivity contribution in [1.29, 1.82) is 0 Å². The Balaban J connectivity index is 1.74. The zero-order valence-corrected chi connectivity index (χ0v) is 13.8. The van der Waals surface area contributed by atoms with Crippen molar-refractivity contribution in [2.24, 2.45) is 0 Å². The standard InChI is InChI=1S/C17H27N3O2/c1-14(19(3)13-16-7-5-4-6-8-16)11-18-17(21)20-9-10-22-15(2)12-20/h4-8,14-15H,9-13H2,1-3H3,(H,18,21). The topological polar surface area (TPSA) is 44.8 Å². The van der Waals surface area contributed by atoms with Crippen LogP contribution in [0.4, 0.5) is 4.79 Å². The number of nitrogens with one attached hydrogen (secondary N) is 1. The molecule has 1 heterocycles. The minimum atomic E-state index is 0.00936. The molecule has 1 fully saturated rings. The van der Waals surface area contributed by atoms with Crippen molar-refractivity contribution in [3.05, 3.63) is 35.9 Å². The molecule has 2 unspecified atom stereocenters. The highest BCUT2D eigenvalue weighted by atomic mass is 16.5. The fourth-order valence-electron chi connectivity index (χ4n) is 2.53. The van der Waals surface area contributed by atoms with E-state index in [9.17, 15) is 4.79 Å². The van der Waals surface area contributed by atoms with Crippen molar-refractivity contribution in [1.82, 2.24) is 15.1 Å². The maximum absolute atomic E-state index is 12.2. The zero-order valence-electron chi connectivity index (χ0n) is 13.8. The maximum Gasteiger partial charge on any atom is 0.317 e. The normalized spacial score (nSPS) is 20.0. The van der Waals surface area contributed by atoms with Gasteiger partial charge >= 0.3 is 6.03 Å². The van der Waals surface area contributed by atoms with E-state index in [1.54, 1.807) is 0 Å². The molecule has 0 saturated carbocycles. The molecule has 2 rings (SSSR count). The Hall–Kier alpha value is -1.59. The third-order valence-corrected chi connectivity index (χ3v) is 4.10. The molecule has 5 heteroatoms. The largest absolute Gasteiger partial charge is 0.375 e. The summed E-state index contributed by atoms with van der Waals surface area (Å²) in [6, 6.07) is 10.7. The number of hydrogen-bond donors (Lipinski definition) is 1. The van der Waals surface area contributed by atoms with Gasteiger partial charge in [0.25, 0.3) is 0 Å². The van der Waals surface area contributed by atoms with E-state index in [0.717, 1.165) is 6.54 Å². The first kappa shape index (κ1) is 16.8. The van der Waals surface area contributed by atoms with Crippen molar-refractivity contribution >= 4 is 6.03 Å². The molecule has 1 aliphatic heterocycles. The molecular weight excluding hydrogens is 278 g/mol. The Morgan fingerprint density at radius 1 is 1.45 bits per heavy atom. The summed E-state index contributed by atoms with van der Waals surface area (Å²) >= 11 is 0. The van der Waals surface area contributed by atoms with Crippen molar-refractivity contribution in [2.45, 2.75) is 32.5 Å². The number of morpholine rings is 1. The van der Waals surface area contributed by atoms with Crippen LogP contribution in [0.1, 0.15) is 19.4 Å². The quantitative estimate of drug-likeness (QED) is 0.904. The van der Waals surface area contributed by atoms with Gasteiger partial charge in [-0.15, -0.1) is 0 Å². The van der Waals surface area contributed by atoms with Crippen LogP contribution in [0.25, 0.3) is 0 Å². The first-order valence-electron chi connectivity index (χ1n) is 7.95. The summed E-state index contributed by atoms with van der Waals surface area (Å²) in [7, 11) is 2.08. The molecule has 1 aromatic carbocycles. The number of carbonyl (C=O) groups is 1. The number of rotatable bonds is 5. The average molecular weight is 305 g/mol. The van der Waals surface area contributed by atoms with Gasteiger partial charge in [-0.1, -0.05) is 30.3 Å². The first-order chi connectivity index (χ1) is 10.6. The number of benzene rings is 1. The van der Waals surface area contributed by atoms with Crippen molar-refractivity contribution in [3.8, 4) is 0 Å². The Kier molecular flexibility index (Phi) is 6.21. The highest BCUT2D eigenvalue weighted by Crippen LogP contribution is 2.07. The van der Waals surface area contributed by atoms with Gasteiger partial charge in [-0.05, 0) is 26.5 Å². The van der Waals surface area contributed by atoms with Crippen LogP contribution in [-0.4, -0.2) is 61.3 Å². The highest BCUT2D eigenvalue weighted by Gasteiger charge is 2.21. The smallest absolute Gasteiger partial charge is 0.317 e. The minimum Gasteiger partial charge on any atom is -0.375 e. The molecule has 0 radical (unpaired) electrons. The van der Waals surface area contributed by atoms with E-state index in [1.807, 2.05) is 17.9 Å². The summed E-state index contributed by atoms with van der Waals surface area (Å²) < 4.78 is 5.46. The van der Waals surface area contributed by atoms with Gasteiger partial charge in [0.1, 0.15) is 0 Å². The van der Waals surface area contributed by atoms with E-state index in [1.165, 1.54) is 5.56 Å². The number of urea groups is 1. The third-order valence-electron chi connectivity index (χ3n) is 4.10. The fourth-order valence-corrected chi connectivity index (χ4v) is 2.53. The predicted octanol–water partition coefficient (Wildman–Crippen LogP) is 1.94. The van der Waals surface area contributed by atoms with E-state index in [0.29, 0.717) is 26.2 Å². The summed E-state index contributed by atoms with van der Waals surface area (Å²) in [6.45, 7) is 7.61. The molecule has 0 aromatic heterocycles. The first-order valence-corrected chi connectivity index (χ1v) is 7.95. The Labute approximate surface area is 133 Å². The van der Waals surface area contributed by atoms with Crippen LogP contribution in [0.2, 0.25) is 0 Å². The number of amides is 2.